The minimum Gasteiger partial charge on any atom is -0.368 e. The first-order valence-corrected chi connectivity index (χ1v) is 3.52. The summed E-state index contributed by atoms with van der Waals surface area (Å²) in [5, 5.41) is 0. The van der Waals surface area contributed by atoms with E-state index >= 15 is 0 Å². The molecule has 0 atom stereocenters. The van der Waals surface area contributed by atoms with E-state index < -0.39 is 0 Å². The predicted molar refractivity (Wildman–Crippen MR) is 43.9 cm³/mol. The molecule has 0 bridgehead atoms. The van der Waals surface area contributed by atoms with E-state index in [1.165, 1.54) is 0 Å². The largest absolute Gasteiger partial charge is 0.368 e. The number of aromatic nitrogens is 2. The Morgan fingerprint density at radius 1 is 1.55 bits per heavy atom. The van der Waals surface area contributed by atoms with Crippen molar-refractivity contribution in [3.8, 4) is 0 Å². The smallest absolute Gasteiger partial charge is 0.220 e. The van der Waals surface area contributed by atoms with E-state index in [0.29, 0.717) is 12.5 Å². The van der Waals surface area contributed by atoms with Crippen molar-refractivity contribution in [2.75, 3.05) is 12.3 Å². The van der Waals surface area contributed by atoms with Crippen LogP contribution in [0.2, 0.25) is 0 Å². The first-order valence-electron chi connectivity index (χ1n) is 3.52. The van der Waals surface area contributed by atoms with E-state index in [1.54, 1.807) is 6.20 Å². The minimum absolute atomic E-state index is 0.322. The van der Waals surface area contributed by atoms with Crippen molar-refractivity contribution in [3.05, 3.63) is 17.5 Å². The topological polar surface area (TPSA) is 77.8 Å². The van der Waals surface area contributed by atoms with Crippen molar-refractivity contribution in [2.45, 2.75) is 13.3 Å². The molecule has 0 radical (unpaired) electrons. The maximum Gasteiger partial charge on any atom is 0.220 e. The monoisotopic (exact) mass is 152 g/mol. The molecule has 0 saturated heterocycles. The van der Waals surface area contributed by atoms with Crippen molar-refractivity contribution in [1.29, 1.82) is 0 Å². The summed E-state index contributed by atoms with van der Waals surface area (Å²) in [6.45, 7) is 2.52. The van der Waals surface area contributed by atoms with Gasteiger partial charge in [-0.25, -0.2) is 9.97 Å². The number of rotatable bonds is 2. The van der Waals surface area contributed by atoms with Crippen LogP contribution in [0.1, 0.15) is 11.3 Å². The fourth-order valence-corrected chi connectivity index (χ4v) is 0.911. The van der Waals surface area contributed by atoms with Gasteiger partial charge in [0.15, 0.2) is 0 Å². The summed E-state index contributed by atoms with van der Waals surface area (Å²) < 4.78 is 0. The number of anilines is 1. The van der Waals surface area contributed by atoms with Gasteiger partial charge in [0, 0.05) is 11.9 Å². The van der Waals surface area contributed by atoms with Gasteiger partial charge in [-0.05, 0) is 25.5 Å². The highest BCUT2D eigenvalue weighted by atomic mass is 15.0. The number of nitrogens with two attached hydrogens (primary N) is 2. The molecule has 60 valence electrons. The Balaban J connectivity index is 2.90. The van der Waals surface area contributed by atoms with E-state index in [0.717, 1.165) is 17.7 Å². The molecule has 4 N–H and O–H groups in total. The fraction of sp³-hybridized carbons (Fsp3) is 0.429. The Morgan fingerprint density at radius 3 is 2.82 bits per heavy atom. The second kappa shape index (κ2) is 3.30. The molecule has 1 heterocycles. The van der Waals surface area contributed by atoms with Crippen LogP contribution in [0.25, 0.3) is 0 Å². The van der Waals surface area contributed by atoms with Crippen LogP contribution in [0, 0.1) is 6.92 Å². The third-order valence-corrected chi connectivity index (χ3v) is 1.51. The van der Waals surface area contributed by atoms with Crippen molar-refractivity contribution < 1.29 is 0 Å². The van der Waals surface area contributed by atoms with Crippen LogP contribution in [0.4, 0.5) is 5.95 Å². The zero-order valence-corrected chi connectivity index (χ0v) is 6.54. The third kappa shape index (κ3) is 1.88. The molecule has 4 nitrogen and oxygen atoms in total. The Bertz CT molecular complexity index is 246. The lowest BCUT2D eigenvalue weighted by molar-refractivity contribution is 0.922. The molecule has 0 amide bonds. The summed E-state index contributed by atoms with van der Waals surface area (Å²) in [4.78, 5) is 7.87. The van der Waals surface area contributed by atoms with Crippen LogP contribution in [0.15, 0.2) is 6.20 Å². The first kappa shape index (κ1) is 7.94. The Hall–Kier alpha value is -1.16. The number of hydrogen-bond donors (Lipinski definition) is 2. The average molecular weight is 152 g/mol. The van der Waals surface area contributed by atoms with Crippen molar-refractivity contribution in [3.63, 3.8) is 0 Å². The summed E-state index contributed by atoms with van der Waals surface area (Å²) >= 11 is 0. The molecule has 0 aliphatic heterocycles. The summed E-state index contributed by atoms with van der Waals surface area (Å²) in [7, 11) is 0. The van der Waals surface area contributed by atoms with Gasteiger partial charge in [-0.3, -0.25) is 0 Å². The molecule has 1 aromatic rings. The van der Waals surface area contributed by atoms with Gasteiger partial charge in [-0.15, -0.1) is 0 Å². The second-order valence-corrected chi connectivity index (χ2v) is 2.38. The maximum atomic E-state index is 5.38. The number of nitrogens with zero attached hydrogens (tertiary/aromatic N) is 2. The van der Waals surface area contributed by atoms with Gasteiger partial charge in [0.1, 0.15) is 0 Å². The van der Waals surface area contributed by atoms with Crippen molar-refractivity contribution in [2.24, 2.45) is 5.73 Å². The van der Waals surface area contributed by atoms with Crippen LogP contribution >= 0.6 is 0 Å². The average Bonchev–Trinajstić information content (AvgIpc) is 1.95. The molecule has 1 rings (SSSR count). The molecule has 0 aliphatic rings. The lowest BCUT2D eigenvalue weighted by Gasteiger charge is -2.01. The highest BCUT2D eigenvalue weighted by molar-refractivity contribution is 5.24. The molecule has 0 fully saturated rings. The van der Waals surface area contributed by atoms with Gasteiger partial charge >= 0.3 is 0 Å². The molecule has 4 heteroatoms. The van der Waals surface area contributed by atoms with E-state index in [2.05, 4.69) is 9.97 Å². The van der Waals surface area contributed by atoms with Crippen LogP contribution in [-0.2, 0) is 6.42 Å². The second-order valence-electron chi connectivity index (χ2n) is 2.38. The van der Waals surface area contributed by atoms with E-state index in [1.807, 2.05) is 6.92 Å². The summed E-state index contributed by atoms with van der Waals surface area (Å²) in [6, 6.07) is 0. The molecule has 0 spiro atoms. The molecule has 0 saturated carbocycles. The third-order valence-electron chi connectivity index (χ3n) is 1.51. The summed E-state index contributed by atoms with van der Waals surface area (Å²) in [5.41, 5.74) is 12.7. The molecule has 1 aromatic heterocycles. The fourth-order valence-electron chi connectivity index (χ4n) is 0.911. The minimum atomic E-state index is 0.322. The number of hydrogen-bond acceptors (Lipinski definition) is 4. The molecular weight excluding hydrogens is 140 g/mol. The van der Waals surface area contributed by atoms with Gasteiger partial charge in [0.25, 0.3) is 0 Å². The molecule has 0 aliphatic carbocycles. The van der Waals surface area contributed by atoms with E-state index in [9.17, 15) is 0 Å². The standard InChI is InChI=1S/C7H12N4/c1-5-6(2-3-8)4-10-7(9)11-5/h4H,2-3,8H2,1H3,(H2,9,10,11). The van der Waals surface area contributed by atoms with Crippen molar-refractivity contribution in [1.82, 2.24) is 9.97 Å². The van der Waals surface area contributed by atoms with Gasteiger partial charge in [-0.1, -0.05) is 0 Å². The lowest BCUT2D eigenvalue weighted by Crippen LogP contribution is -2.07. The zero-order valence-electron chi connectivity index (χ0n) is 6.54. The summed E-state index contributed by atoms with van der Waals surface area (Å²) in [5.74, 6) is 0.322. The molecular formula is C7H12N4. The van der Waals surface area contributed by atoms with E-state index in [-0.39, 0.29) is 0 Å². The molecule has 11 heavy (non-hydrogen) atoms. The quantitative estimate of drug-likeness (QED) is 0.618. The van der Waals surface area contributed by atoms with Crippen LogP contribution < -0.4 is 11.5 Å². The van der Waals surface area contributed by atoms with Gasteiger partial charge in [0.05, 0.1) is 0 Å². The van der Waals surface area contributed by atoms with Crippen molar-refractivity contribution >= 4 is 5.95 Å². The van der Waals surface area contributed by atoms with Gasteiger partial charge in [0.2, 0.25) is 5.95 Å². The Kier molecular flexibility index (Phi) is 2.38. The highest BCUT2D eigenvalue weighted by Crippen LogP contribution is 2.04. The zero-order chi connectivity index (χ0) is 8.27. The maximum absolute atomic E-state index is 5.38. The summed E-state index contributed by atoms with van der Waals surface area (Å²) in [6.07, 6.45) is 2.54. The number of nitrogen functional groups attached to an aromatic ring is 1. The normalized spacial score (nSPS) is 10.0. The SMILES string of the molecule is Cc1nc(N)ncc1CCN. The van der Waals surface area contributed by atoms with Gasteiger partial charge in [-0.2, -0.15) is 0 Å². The predicted octanol–water partition coefficient (Wildman–Crippen LogP) is -0.132. The highest BCUT2D eigenvalue weighted by Gasteiger charge is 1.98. The first-order chi connectivity index (χ1) is 5.24. The van der Waals surface area contributed by atoms with Crippen LogP contribution in [-0.4, -0.2) is 16.5 Å². The van der Waals surface area contributed by atoms with Crippen LogP contribution in [0.3, 0.4) is 0 Å². The molecule has 0 unspecified atom stereocenters. The van der Waals surface area contributed by atoms with Gasteiger partial charge < -0.3 is 11.5 Å². The Labute approximate surface area is 65.6 Å². The Morgan fingerprint density at radius 2 is 2.27 bits per heavy atom. The van der Waals surface area contributed by atoms with Crippen LogP contribution in [0.5, 0.6) is 0 Å². The van der Waals surface area contributed by atoms with E-state index in [4.69, 9.17) is 11.5 Å². The number of aryl methyl sites for hydroxylation is 1. The molecule has 0 aromatic carbocycles. The lowest BCUT2D eigenvalue weighted by atomic mass is 10.2.